The standard InChI is InChI=1S/C6H13NO2.C5H12N2O2/c1-2-3-4-5(7)6(8)9;6-3-1-2-4(7)5(8)9/h5H,2-4,7H2,1H3,(H,8,9);4H,1-3,6-7H2,(H,8,9). The van der Waals surface area contributed by atoms with Crippen LogP contribution in [0.4, 0.5) is 0 Å². The number of carboxylic acids is 2. The van der Waals surface area contributed by atoms with E-state index in [4.69, 9.17) is 27.4 Å². The molecule has 18 heavy (non-hydrogen) atoms. The van der Waals surface area contributed by atoms with Crippen LogP contribution < -0.4 is 17.2 Å². The van der Waals surface area contributed by atoms with Gasteiger partial charge in [0.05, 0.1) is 0 Å². The summed E-state index contributed by atoms with van der Waals surface area (Å²) in [6.45, 7) is 2.51. The van der Waals surface area contributed by atoms with E-state index in [9.17, 15) is 9.59 Å². The van der Waals surface area contributed by atoms with Gasteiger partial charge in [-0.05, 0) is 25.8 Å². The average molecular weight is 263 g/mol. The van der Waals surface area contributed by atoms with Crippen LogP contribution in [0.1, 0.15) is 39.0 Å². The second-order valence-corrected chi connectivity index (χ2v) is 3.96. The summed E-state index contributed by atoms with van der Waals surface area (Å²) >= 11 is 0. The molecule has 0 aromatic heterocycles. The fourth-order valence-corrected chi connectivity index (χ4v) is 1.01. The molecule has 7 heteroatoms. The molecule has 7 nitrogen and oxygen atoms in total. The monoisotopic (exact) mass is 263 g/mol. The largest absolute Gasteiger partial charge is 0.480 e. The molecule has 108 valence electrons. The van der Waals surface area contributed by atoms with E-state index in [1.807, 2.05) is 6.92 Å². The van der Waals surface area contributed by atoms with Crippen LogP contribution >= 0.6 is 0 Å². The van der Waals surface area contributed by atoms with Crippen molar-refractivity contribution < 1.29 is 19.8 Å². The van der Waals surface area contributed by atoms with E-state index < -0.39 is 24.0 Å². The van der Waals surface area contributed by atoms with Crippen molar-refractivity contribution in [3.63, 3.8) is 0 Å². The van der Waals surface area contributed by atoms with Crippen molar-refractivity contribution in [3.05, 3.63) is 0 Å². The summed E-state index contributed by atoms with van der Waals surface area (Å²) in [4.78, 5) is 20.1. The van der Waals surface area contributed by atoms with Crippen molar-refractivity contribution in [1.29, 1.82) is 0 Å². The SMILES string of the molecule is CCCCC(N)C(=O)O.NCCCC(N)C(=O)O. The van der Waals surface area contributed by atoms with Crippen LogP contribution in [0.3, 0.4) is 0 Å². The Kier molecular flexibility index (Phi) is 13.1. The lowest BCUT2D eigenvalue weighted by atomic mass is 10.1. The number of hydrogen-bond acceptors (Lipinski definition) is 5. The van der Waals surface area contributed by atoms with Crippen LogP contribution in [0, 0.1) is 0 Å². The number of rotatable bonds is 8. The maximum Gasteiger partial charge on any atom is 0.320 e. The molecule has 0 amide bonds. The van der Waals surface area contributed by atoms with Crippen LogP contribution in [0.5, 0.6) is 0 Å². The number of carboxylic acid groups (broad SMARTS) is 2. The van der Waals surface area contributed by atoms with Crippen molar-refractivity contribution in [2.75, 3.05) is 6.54 Å². The van der Waals surface area contributed by atoms with Gasteiger partial charge in [0, 0.05) is 0 Å². The third-order valence-corrected chi connectivity index (χ3v) is 2.22. The summed E-state index contributed by atoms with van der Waals surface area (Å²) in [6, 6.07) is -1.40. The van der Waals surface area contributed by atoms with E-state index in [2.05, 4.69) is 0 Å². The van der Waals surface area contributed by atoms with Gasteiger partial charge in [0.2, 0.25) is 0 Å². The Morgan fingerprint density at radius 3 is 1.67 bits per heavy atom. The first kappa shape index (κ1) is 19.2. The minimum Gasteiger partial charge on any atom is -0.480 e. The quantitative estimate of drug-likeness (QED) is 0.404. The Hall–Kier alpha value is -1.18. The Bertz CT molecular complexity index is 212. The van der Waals surface area contributed by atoms with Gasteiger partial charge >= 0.3 is 11.9 Å². The molecule has 0 radical (unpaired) electrons. The van der Waals surface area contributed by atoms with E-state index >= 15 is 0 Å². The van der Waals surface area contributed by atoms with Gasteiger partial charge in [0.15, 0.2) is 0 Å². The highest BCUT2D eigenvalue weighted by molar-refractivity contribution is 5.73. The van der Waals surface area contributed by atoms with Crippen molar-refractivity contribution >= 4 is 11.9 Å². The average Bonchev–Trinajstić information content (AvgIpc) is 2.33. The molecule has 0 aromatic carbocycles. The van der Waals surface area contributed by atoms with Gasteiger partial charge in [0.25, 0.3) is 0 Å². The van der Waals surface area contributed by atoms with E-state index in [1.165, 1.54) is 0 Å². The maximum atomic E-state index is 10.1. The normalized spacial score (nSPS) is 13.1. The van der Waals surface area contributed by atoms with Crippen LogP contribution in [0.15, 0.2) is 0 Å². The summed E-state index contributed by atoms with van der Waals surface area (Å²) in [5.74, 6) is -1.85. The molecule has 2 unspecified atom stereocenters. The first-order chi connectivity index (χ1) is 8.36. The van der Waals surface area contributed by atoms with Gasteiger partial charge in [-0.15, -0.1) is 0 Å². The first-order valence-electron chi connectivity index (χ1n) is 6.03. The third kappa shape index (κ3) is 12.9. The highest BCUT2D eigenvalue weighted by Gasteiger charge is 2.09. The van der Waals surface area contributed by atoms with Crippen molar-refractivity contribution in [2.24, 2.45) is 17.2 Å². The highest BCUT2D eigenvalue weighted by Crippen LogP contribution is 1.97. The zero-order valence-corrected chi connectivity index (χ0v) is 10.8. The highest BCUT2D eigenvalue weighted by atomic mass is 16.4. The molecule has 0 bridgehead atoms. The minimum absolute atomic E-state index is 0.464. The molecule has 0 heterocycles. The predicted molar refractivity (Wildman–Crippen MR) is 69.0 cm³/mol. The minimum atomic E-state index is -0.955. The topological polar surface area (TPSA) is 153 Å². The second-order valence-electron chi connectivity index (χ2n) is 3.96. The molecule has 0 aliphatic heterocycles. The summed E-state index contributed by atoms with van der Waals surface area (Å²) in [7, 11) is 0. The van der Waals surface area contributed by atoms with Gasteiger partial charge in [-0.3, -0.25) is 9.59 Å². The summed E-state index contributed by atoms with van der Waals surface area (Å²) in [6.07, 6.45) is 3.62. The number of unbranched alkanes of at least 4 members (excludes halogenated alkanes) is 1. The van der Waals surface area contributed by atoms with Crippen molar-refractivity contribution in [3.8, 4) is 0 Å². The van der Waals surface area contributed by atoms with E-state index in [1.54, 1.807) is 0 Å². The van der Waals surface area contributed by atoms with Crippen LogP contribution in [0.2, 0.25) is 0 Å². The molecule has 0 aromatic rings. The predicted octanol–water partition coefficient (Wildman–Crippen LogP) is -0.274. The molecule has 0 aliphatic rings. The lowest BCUT2D eigenvalue weighted by molar-refractivity contribution is -0.139. The lowest BCUT2D eigenvalue weighted by Gasteiger charge is -2.02. The van der Waals surface area contributed by atoms with Crippen LogP contribution in [-0.4, -0.2) is 40.8 Å². The molecular weight excluding hydrogens is 238 g/mol. The molecule has 0 rings (SSSR count). The first-order valence-corrected chi connectivity index (χ1v) is 6.03. The maximum absolute atomic E-state index is 10.1. The van der Waals surface area contributed by atoms with E-state index in [0.717, 1.165) is 12.8 Å². The number of nitrogens with two attached hydrogens (primary N) is 3. The van der Waals surface area contributed by atoms with E-state index in [-0.39, 0.29) is 0 Å². The number of aliphatic carboxylic acids is 2. The Morgan fingerprint density at radius 2 is 1.39 bits per heavy atom. The summed E-state index contributed by atoms with van der Waals surface area (Å²) < 4.78 is 0. The fourth-order valence-electron chi connectivity index (χ4n) is 1.01. The summed E-state index contributed by atoms with van der Waals surface area (Å²) in [5, 5.41) is 16.5. The molecule has 0 saturated heterocycles. The number of hydrogen-bond donors (Lipinski definition) is 5. The molecular formula is C11H25N3O4. The van der Waals surface area contributed by atoms with Crippen molar-refractivity contribution in [1.82, 2.24) is 0 Å². The molecule has 8 N–H and O–H groups in total. The molecule has 0 spiro atoms. The van der Waals surface area contributed by atoms with Gasteiger partial charge in [-0.1, -0.05) is 19.8 Å². The third-order valence-electron chi connectivity index (χ3n) is 2.22. The van der Waals surface area contributed by atoms with Gasteiger partial charge in [-0.2, -0.15) is 0 Å². The van der Waals surface area contributed by atoms with E-state index in [0.29, 0.717) is 25.8 Å². The molecule has 0 saturated carbocycles. The smallest absolute Gasteiger partial charge is 0.320 e. The van der Waals surface area contributed by atoms with Crippen LogP contribution in [-0.2, 0) is 9.59 Å². The zero-order valence-electron chi connectivity index (χ0n) is 10.8. The number of carbonyl (C=O) groups is 2. The zero-order chi connectivity index (χ0) is 14.6. The Labute approximate surface area is 107 Å². The molecule has 0 fully saturated rings. The summed E-state index contributed by atoms with van der Waals surface area (Å²) in [5.41, 5.74) is 15.5. The van der Waals surface area contributed by atoms with Crippen LogP contribution in [0.25, 0.3) is 0 Å². The van der Waals surface area contributed by atoms with Gasteiger partial charge < -0.3 is 27.4 Å². The van der Waals surface area contributed by atoms with Crippen molar-refractivity contribution in [2.45, 2.75) is 51.1 Å². The fraction of sp³-hybridized carbons (Fsp3) is 0.818. The molecule has 2 atom stereocenters. The second kappa shape index (κ2) is 12.3. The van der Waals surface area contributed by atoms with Gasteiger partial charge in [0.1, 0.15) is 12.1 Å². The Morgan fingerprint density at radius 1 is 1.00 bits per heavy atom. The lowest BCUT2D eigenvalue weighted by Crippen LogP contribution is -2.30. The molecule has 0 aliphatic carbocycles. The Balaban J connectivity index is 0. The van der Waals surface area contributed by atoms with Gasteiger partial charge in [-0.25, -0.2) is 0 Å².